The Hall–Kier alpha value is -1.42. The number of sulfonamides is 1. The highest BCUT2D eigenvalue weighted by Gasteiger charge is 2.46. The van der Waals surface area contributed by atoms with Crippen LogP contribution in [-0.2, 0) is 15.8 Å². The first-order valence-electron chi connectivity index (χ1n) is 7.18. The third-order valence-corrected chi connectivity index (χ3v) is 6.30. The van der Waals surface area contributed by atoms with Gasteiger partial charge in [-0.1, -0.05) is 12.1 Å². The van der Waals surface area contributed by atoms with Crippen molar-refractivity contribution in [3.8, 4) is 6.07 Å². The van der Waals surface area contributed by atoms with Crippen LogP contribution in [0.5, 0.6) is 0 Å². The maximum atomic E-state index is 12.7. The Labute approximate surface area is 124 Å². The number of hydrogen-bond donors (Lipinski definition) is 1. The molecule has 2 fully saturated rings. The van der Waals surface area contributed by atoms with Crippen LogP contribution in [0.25, 0.3) is 0 Å². The molecule has 112 valence electrons. The number of hydrogen-bond acceptors (Lipinski definition) is 4. The minimum absolute atomic E-state index is 0.0668. The van der Waals surface area contributed by atoms with Crippen molar-refractivity contribution < 1.29 is 13.5 Å². The molecule has 2 heterocycles. The molecule has 2 atom stereocenters. The largest absolute Gasteiger partial charge is 0.393 e. The number of nitrogens with zero attached hydrogens (tertiary/aromatic N) is 2. The zero-order chi connectivity index (χ0) is 15.0. The van der Waals surface area contributed by atoms with Gasteiger partial charge in [0.05, 0.1) is 23.5 Å². The lowest BCUT2D eigenvalue weighted by Gasteiger charge is -2.36. The van der Waals surface area contributed by atoms with Gasteiger partial charge in [0.2, 0.25) is 10.0 Å². The Kier molecular flexibility index (Phi) is 3.74. The van der Waals surface area contributed by atoms with Crippen LogP contribution in [0.1, 0.15) is 36.8 Å². The van der Waals surface area contributed by atoms with Crippen LogP contribution in [0.15, 0.2) is 24.3 Å². The minimum atomic E-state index is -3.41. The van der Waals surface area contributed by atoms with E-state index < -0.39 is 10.0 Å². The Morgan fingerprint density at radius 3 is 2.57 bits per heavy atom. The van der Waals surface area contributed by atoms with Crippen molar-refractivity contribution in [1.29, 1.82) is 5.26 Å². The molecule has 6 heteroatoms. The average molecular weight is 306 g/mol. The molecule has 0 radical (unpaired) electrons. The predicted molar refractivity (Wildman–Crippen MR) is 77.7 cm³/mol. The maximum absolute atomic E-state index is 12.7. The molecule has 2 aliphatic heterocycles. The second-order valence-corrected chi connectivity index (χ2v) is 7.78. The summed E-state index contributed by atoms with van der Waals surface area (Å²) < 4.78 is 27.0. The van der Waals surface area contributed by atoms with Gasteiger partial charge < -0.3 is 5.11 Å². The Bertz CT molecular complexity index is 666. The minimum Gasteiger partial charge on any atom is -0.393 e. The Morgan fingerprint density at radius 2 is 1.95 bits per heavy atom. The Balaban J connectivity index is 1.83. The number of fused-ring (bicyclic) bond motifs is 2. The van der Waals surface area contributed by atoms with Crippen LogP contribution in [0.2, 0.25) is 0 Å². The lowest BCUT2D eigenvalue weighted by molar-refractivity contribution is 0.0768. The highest BCUT2D eigenvalue weighted by molar-refractivity contribution is 7.88. The van der Waals surface area contributed by atoms with Crippen molar-refractivity contribution >= 4 is 10.0 Å². The SMILES string of the molecule is N#Cc1cccc(CS(=O)(=O)N2C3CCC2CC(O)C3)c1. The normalized spacial score (nSPS) is 29.2. The molecular weight excluding hydrogens is 288 g/mol. The van der Waals surface area contributed by atoms with Gasteiger partial charge in [0, 0.05) is 12.1 Å². The van der Waals surface area contributed by atoms with E-state index in [-0.39, 0.29) is 23.9 Å². The molecule has 0 amide bonds. The van der Waals surface area contributed by atoms with Crippen LogP contribution in [0.4, 0.5) is 0 Å². The van der Waals surface area contributed by atoms with Gasteiger partial charge >= 0.3 is 0 Å². The van der Waals surface area contributed by atoms with Gasteiger partial charge in [-0.3, -0.25) is 0 Å². The summed E-state index contributed by atoms with van der Waals surface area (Å²) in [6, 6.07) is 8.62. The van der Waals surface area contributed by atoms with Crippen LogP contribution >= 0.6 is 0 Å². The van der Waals surface area contributed by atoms with E-state index in [0.29, 0.717) is 24.0 Å². The van der Waals surface area contributed by atoms with Gasteiger partial charge in [0.25, 0.3) is 0 Å². The molecule has 21 heavy (non-hydrogen) atoms. The van der Waals surface area contributed by atoms with Gasteiger partial charge in [-0.2, -0.15) is 9.57 Å². The van der Waals surface area contributed by atoms with E-state index in [1.54, 1.807) is 28.6 Å². The van der Waals surface area contributed by atoms with Crippen LogP contribution in [0, 0.1) is 11.3 Å². The van der Waals surface area contributed by atoms with Gasteiger partial charge in [-0.05, 0) is 43.4 Å². The second-order valence-electron chi connectivity index (χ2n) is 5.91. The van der Waals surface area contributed by atoms with Gasteiger partial charge in [-0.25, -0.2) is 8.42 Å². The van der Waals surface area contributed by atoms with Crippen molar-refractivity contribution in [3.05, 3.63) is 35.4 Å². The molecule has 2 saturated heterocycles. The topological polar surface area (TPSA) is 81.4 Å². The van der Waals surface area contributed by atoms with Crippen molar-refractivity contribution in [1.82, 2.24) is 4.31 Å². The van der Waals surface area contributed by atoms with Gasteiger partial charge in [-0.15, -0.1) is 0 Å². The number of benzene rings is 1. The number of aliphatic hydroxyl groups excluding tert-OH is 1. The third-order valence-electron chi connectivity index (χ3n) is 4.37. The van der Waals surface area contributed by atoms with Crippen molar-refractivity contribution in [2.24, 2.45) is 0 Å². The highest BCUT2D eigenvalue weighted by Crippen LogP contribution is 2.38. The highest BCUT2D eigenvalue weighted by atomic mass is 32.2. The number of nitriles is 1. The fourth-order valence-corrected chi connectivity index (χ4v) is 5.62. The molecule has 0 saturated carbocycles. The second kappa shape index (κ2) is 5.41. The first-order valence-corrected chi connectivity index (χ1v) is 8.79. The molecule has 1 aromatic rings. The third kappa shape index (κ3) is 2.82. The fraction of sp³-hybridized carbons (Fsp3) is 0.533. The van der Waals surface area contributed by atoms with E-state index in [0.717, 1.165) is 12.8 Å². The lowest BCUT2D eigenvalue weighted by atomic mass is 10.0. The smallest absolute Gasteiger partial charge is 0.218 e. The summed E-state index contributed by atoms with van der Waals surface area (Å²) in [5, 5.41) is 18.7. The van der Waals surface area contributed by atoms with Crippen molar-refractivity contribution in [2.75, 3.05) is 0 Å². The van der Waals surface area contributed by atoms with Crippen LogP contribution in [-0.4, -0.2) is 36.0 Å². The van der Waals surface area contributed by atoms with E-state index >= 15 is 0 Å². The summed E-state index contributed by atoms with van der Waals surface area (Å²) in [6.07, 6.45) is 2.36. The van der Waals surface area contributed by atoms with Gasteiger partial charge in [0.1, 0.15) is 0 Å². The molecule has 0 aliphatic carbocycles. The van der Waals surface area contributed by atoms with E-state index in [1.165, 1.54) is 0 Å². The first-order chi connectivity index (χ1) is 9.99. The molecule has 0 spiro atoms. The van der Waals surface area contributed by atoms with Gasteiger partial charge in [0.15, 0.2) is 0 Å². The zero-order valence-electron chi connectivity index (χ0n) is 11.6. The molecular formula is C15H18N2O3S. The predicted octanol–water partition coefficient (Wildman–Crippen LogP) is 1.38. The average Bonchev–Trinajstić information content (AvgIpc) is 2.72. The van der Waals surface area contributed by atoms with E-state index in [2.05, 4.69) is 0 Å². The van der Waals surface area contributed by atoms with Crippen molar-refractivity contribution in [3.63, 3.8) is 0 Å². The Morgan fingerprint density at radius 1 is 1.29 bits per heavy atom. The monoisotopic (exact) mass is 306 g/mol. The summed E-state index contributed by atoms with van der Waals surface area (Å²) >= 11 is 0. The first kappa shape index (κ1) is 14.5. The summed E-state index contributed by atoms with van der Waals surface area (Å²) in [5.74, 6) is -0.0778. The molecule has 2 aliphatic rings. The molecule has 0 aromatic heterocycles. The number of piperidine rings is 1. The van der Waals surface area contributed by atoms with E-state index in [1.807, 2.05) is 6.07 Å². The van der Waals surface area contributed by atoms with E-state index in [9.17, 15) is 13.5 Å². The molecule has 1 aromatic carbocycles. The molecule has 2 bridgehead atoms. The molecule has 5 nitrogen and oxygen atoms in total. The summed E-state index contributed by atoms with van der Waals surface area (Å²) in [7, 11) is -3.41. The summed E-state index contributed by atoms with van der Waals surface area (Å²) in [5.41, 5.74) is 1.11. The van der Waals surface area contributed by atoms with Crippen LogP contribution < -0.4 is 0 Å². The number of rotatable bonds is 3. The van der Waals surface area contributed by atoms with E-state index in [4.69, 9.17) is 5.26 Å². The quantitative estimate of drug-likeness (QED) is 0.914. The van der Waals surface area contributed by atoms with Crippen molar-refractivity contribution in [2.45, 2.75) is 49.6 Å². The molecule has 1 N–H and O–H groups in total. The zero-order valence-corrected chi connectivity index (χ0v) is 12.5. The molecule has 3 rings (SSSR count). The maximum Gasteiger partial charge on any atom is 0.218 e. The fourth-order valence-electron chi connectivity index (χ4n) is 3.58. The summed E-state index contributed by atoms with van der Waals surface area (Å²) in [4.78, 5) is 0. The summed E-state index contributed by atoms with van der Waals surface area (Å²) in [6.45, 7) is 0. The standard InChI is InChI=1S/C15H18N2O3S/c16-9-11-2-1-3-12(6-11)10-21(19,20)17-13-4-5-14(17)8-15(18)7-13/h1-3,6,13-15,18H,4-5,7-8,10H2. The lowest BCUT2D eigenvalue weighted by Crippen LogP contribution is -2.48. The van der Waals surface area contributed by atoms with Crippen LogP contribution in [0.3, 0.4) is 0 Å². The molecule has 2 unspecified atom stereocenters. The number of aliphatic hydroxyl groups is 1.